The van der Waals surface area contributed by atoms with Gasteiger partial charge < -0.3 is 10.1 Å². The summed E-state index contributed by atoms with van der Waals surface area (Å²) in [6.07, 6.45) is 0.322. The Bertz CT molecular complexity index is 780. The van der Waals surface area contributed by atoms with Crippen LogP contribution in [0.1, 0.15) is 37.6 Å². The molecule has 1 aromatic rings. The fraction of sp³-hybridized carbons (Fsp3) is 0.471. The molecule has 25 heavy (non-hydrogen) atoms. The molecule has 1 aromatic carbocycles. The van der Waals surface area contributed by atoms with E-state index in [1.165, 1.54) is 11.0 Å². The zero-order valence-electron chi connectivity index (χ0n) is 14.1. The van der Waals surface area contributed by atoms with Gasteiger partial charge in [-0.15, -0.1) is 23.2 Å². The molecule has 2 atom stereocenters. The van der Waals surface area contributed by atoms with E-state index in [0.717, 1.165) is 0 Å². The number of ether oxygens (including phenoxy) is 1. The van der Waals surface area contributed by atoms with Gasteiger partial charge in [-0.1, -0.05) is 0 Å². The number of nitrogens with one attached hydrogen (secondary N) is 1. The molecule has 0 aromatic heterocycles. The molecule has 3 rings (SSSR count). The summed E-state index contributed by atoms with van der Waals surface area (Å²) in [6.45, 7) is 5.27. The van der Waals surface area contributed by atoms with E-state index in [1.807, 2.05) is 0 Å². The highest BCUT2D eigenvalue weighted by molar-refractivity contribution is 6.53. The summed E-state index contributed by atoms with van der Waals surface area (Å²) in [5.41, 5.74) is 0.229. The minimum Gasteiger partial charge on any atom is -0.462 e. The van der Waals surface area contributed by atoms with Crippen LogP contribution in [0.5, 0.6) is 0 Å². The zero-order valence-corrected chi connectivity index (χ0v) is 15.6. The van der Waals surface area contributed by atoms with Gasteiger partial charge in [0.25, 0.3) is 0 Å². The topological polar surface area (TPSA) is 75.7 Å². The van der Waals surface area contributed by atoms with Crippen molar-refractivity contribution in [1.29, 1.82) is 0 Å². The molecule has 0 radical (unpaired) electrons. The first-order valence-electron chi connectivity index (χ1n) is 7.96. The Morgan fingerprint density at radius 2 is 2.04 bits per heavy atom. The molecule has 1 N–H and O–H groups in total. The van der Waals surface area contributed by atoms with Gasteiger partial charge in [0.1, 0.15) is 10.4 Å². The largest absolute Gasteiger partial charge is 0.462 e. The van der Waals surface area contributed by atoms with Crippen LogP contribution in [0.25, 0.3) is 0 Å². The number of amides is 2. The number of fused-ring (bicyclic) bond motifs is 1. The van der Waals surface area contributed by atoms with Gasteiger partial charge >= 0.3 is 5.97 Å². The summed E-state index contributed by atoms with van der Waals surface area (Å²) in [6, 6.07) is 3.97. The first kappa shape index (κ1) is 18.0. The van der Waals surface area contributed by atoms with E-state index in [1.54, 1.807) is 32.9 Å². The molecule has 0 bridgehead atoms. The third-order valence-corrected chi connectivity index (χ3v) is 5.84. The SMILES string of the molecule is CCOC(=O)c1ccc2c(c1)NC(=O)C(C)N2C(=O)C1(C)CC1(Cl)Cl. The maximum absolute atomic E-state index is 13.0. The predicted octanol–water partition coefficient (Wildman–Crippen LogP) is 3.12. The molecule has 1 saturated carbocycles. The van der Waals surface area contributed by atoms with Gasteiger partial charge in [0, 0.05) is 0 Å². The van der Waals surface area contributed by atoms with E-state index < -0.39 is 21.8 Å². The Morgan fingerprint density at radius 3 is 2.60 bits per heavy atom. The highest BCUT2D eigenvalue weighted by Gasteiger charge is 2.69. The summed E-state index contributed by atoms with van der Waals surface area (Å²) >= 11 is 12.3. The smallest absolute Gasteiger partial charge is 0.338 e. The van der Waals surface area contributed by atoms with Crippen molar-refractivity contribution in [3.63, 3.8) is 0 Å². The average molecular weight is 385 g/mol. The Labute approximate surface area is 155 Å². The average Bonchev–Trinajstić information content (AvgIpc) is 3.07. The van der Waals surface area contributed by atoms with Crippen molar-refractivity contribution in [1.82, 2.24) is 0 Å². The second kappa shape index (κ2) is 5.88. The lowest BCUT2D eigenvalue weighted by atomic mass is 10.0. The molecule has 1 heterocycles. The molecule has 2 aliphatic rings. The maximum atomic E-state index is 13.0. The van der Waals surface area contributed by atoms with Gasteiger partial charge in [0.2, 0.25) is 11.8 Å². The number of halogens is 2. The van der Waals surface area contributed by atoms with Gasteiger partial charge in [-0.3, -0.25) is 14.5 Å². The minimum absolute atomic E-state index is 0.246. The number of benzene rings is 1. The molecular weight excluding hydrogens is 367 g/mol. The van der Waals surface area contributed by atoms with Gasteiger partial charge in [-0.05, 0) is 45.4 Å². The van der Waals surface area contributed by atoms with Crippen molar-refractivity contribution < 1.29 is 19.1 Å². The molecule has 8 heteroatoms. The lowest BCUT2D eigenvalue weighted by Crippen LogP contribution is -2.52. The van der Waals surface area contributed by atoms with Crippen molar-refractivity contribution in [3.05, 3.63) is 23.8 Å². The minimum atomic E-state index is -1.14. The van der Waals surface area contributed by atoms with Gasteiger partial charge in [-0.2, -0.15) is 0 Å². The van der Waals surface area contributed by atoms with E-state index in [4.69, 9.17) is 27.9 Å². The van der Waals surface area contributed by atoms with E-state index in [9.17, 15) is 14.4 Å². The van der Waals surface area contributed by atoms with Crippen LogP contribution >= 0.6 is 23.2 Å². The van der Waals surface area contributed by atoms with E-state index in [0.29, 0.717) is 23.4 Å². The molecule has 1 aliphatic carbocycles. The van der Waals surface area contributed by atoms with E-state index in [2.05, 4.69) is 5.32 Å². The Kier molecular flexibility index (Phi) is 4.24. The summed E-state index contributed by atoms with van der Waals surface area (Å²) in [7, 11) is 0. The summed E-state index contributed by atoms with van der Waals surface area (Å²) < 4.78 is 3.83. The molecule has 1 aliphatic heterocycles. The van der Waals surface area contributed by atoms with Crippen LogP contribution in [0.3, 0.4) is 0 Å². The van der Waals surface area contributed by atoms with Gasteiger partial charge in [0.05, 0.1) is 29.0 Å². The second-order valence-electron chi connectivity index (χ2n) is 6.51. The quantitative estimate of drug-likeness (QED) is 0.641. The van der Waals surface area contributed by atoms with Crippen LogP contribution in [-0.4, -0.2) is 34.8 Å². The van der Waals surface area contributed by atoms with Gasteiger partial charge in [0.15, 0.2) is 0 Å². The summed E-state index contributed by atoms with van der Waals surface area (Å²) in [5, 5.41) is 2.72. The van der Waals surface area contributed by atoms with Crippen LogP contribution in [0.4, 0.5) is 11.4 Å². The number of carbonyl (C=O) groups excluding carboxylic acids is 3. The maximum Gasteiger partial charge on any atom is 0.338 e. The number of hydrogen-bond acceptors (Lipinski definition) is 4. The van der Waals surface area contributed by atoms with Crippen LogP contribution in [0.2, 0.25) is 0 Å². The number of nitrogens with zero attached hydrogens (tertiary/aromatic N) is 1. The van der Waals surface area contributed by atoms with Crippen molar-refractivity contribution in [2.75, 3.05) is 16.8 Å². The van der Waals surface area contributed by atoms with Crippen LogP contribution in [-0.2, 0) is 14.3 Å². The lowest BCUT2D eigenvalue weighted by molar-refractivity contribution is -0.126. The van der Waals surface area contributed by atoms with Crippen molar-refractivity contribution >= 4 is 52.4 Å². The Hall–Kier alpha value is -1.79. The molecule has 1 fully saturated rings. The fourth-order valence-electron chi connectivity index (χ4n) is 2.93. The lowest BCUT2D eigenvalue weighted by Gasteiger charge is -2.36. The van der Waals surface area contributed by atoms with Gasteiger partial charge in [-0.25, -0.2) is 4.79 Å². The fourth-order valence-corrected chi connectivity index (χ4v) is 3.63. The van der Waals surface area contributed by atoms with Crippen LogP contribution in [0, 0.1) is 5.41 Å². The molecular formula is C17H18Cl2N2O4. The molecule has 2 amide bonds. The van der Waals surface area contributed by atoms with Crippen molar-refractivity contribution in [3.8, 4) is 0 Å². The molecule has 0 spiro atoms. The van der Waals surface area contributed by atoms with Crippen LogP contribution < -0.4 is 10.2 Å². The molecule has 6 nitrogen and oxygen atoms in total. The zero-order chi connectivity index (χ0) is 18.6. The standard InChI is InChI=1S/C17H18Cl2N2O4/c1-4-25-14(23)10-5-6-12-11(7-10)20-13(22)9(2)21(12)15(24)16(3)8-17(16,18)19/h5-7,9H,4,8H2,1-3H3,(H,20,22). The third kappa shape index (κ3) is 2.77. The highest BCUT2D eigenvalue weighted by Crippen LogP contribution is 2.65. The summed E-state index contributed by atoms with van der Waals surface area (Å²) in [4.78, 5) is 38.6. The predicted molar refractivity (Wildman–Crippen MR) is 95.1 cm³/mol. The number of esters is 1. The third-order valence-electron chi connectivity index (χ3n) is 4.74. The highest BCUT2D eigenvalue weighted by atomic mass is 35.5. The van der Waals surface area contributed by atoms with E-state index in [-0.39, 0.29) is 18.4 Å². The van der Waals surface area contributed by atoms with Crippen molar-refractivity contribution in [2.24, 2.45) is 5.41 Å². The molecule has 0 saturated heterocycles. The normalized spacial score (nSPS) is 26.5. The number of hydrogen-bond donors (Lipinski definition) is 1. The molecule has 134 valence electrons. The Morgan fingerprint density at radius 1 is 1.40 bits per heavy atom. The van der Waals surface area contributed by atoms with Crippen LogP contribution in [0.15, 0.2) is 18.2 Å². The first-order valence-corrected chi connectivity index (χ1v) is 8.71. The van der Waals surface area contributed by atoms with Crippen molar-refractivity contribution in [2.45, 2.75) is 37.6 Å². The first-order chi connectivity index (χ1) is 11.6. The number of alkyl halides is 2. The number of carbonyl (C=O) groups is 3. The second-order valence-corrected chi connectivity index (χ2v) is 7.99. The number of rotatable bonds is 3. The summed E-state index contributed by atoms with van der Waals surface area (Å²) in [5.74, 6) is -1.16. The number of anilines is 2. The Balaban J connectivity index is 2.00. The van der Waals surface area contributed by atoms with E-state index >= 15 is 0 Å². The molecule has 2 unspecified atom stereocenters. The monoisotopic (exact) mass is 384 g/mol.